The Bertz CT molecular complexity index is 776. The average molecular weight is 326 g/mol. The second-order valence-corrected chi connectivity index (χ2v) is 5.44. The first-order chi connectivity index (χ1) is 9.72. The number of benzene rings is 2. The first-order valence-corrected chi connectivity index (χ1v) is 7.07. The van der Waals surface area contributed by atoms with Crippen LogP contribution >= 0.6 is 15.9 Å². The highest BCUT2D eigenvalue weighted by Crippen LogP contribution is 2.24. The highest BCUT2D eigenvalue weighted by molar-refractivity contribution is 9.10. The Kier molecular flexibility index (Phi) is 3.52. The molecular formula is C17H12BrNO. The summed E-state index contributed by atoms with van der Waals surface area (Å²) in [6.45, 7) is 0. The van der Waals surface area contributed by atoms with E-state index in [9.17, 15) is 4.79 Å². The summed E-state index contributed by atoms with van der Waals surface area (Å²) in [5.41, 5.74) is 3.68. The molecule has 2 nitrogen and oxygen atoms in total. The predicted molar refractivity (Wildman–Crippen MR) is 85.6 cm³/mol. The molecule has 0 saturated carbocycles. The van der Waals surface area contributed by atoms with Crippen LogP contribution in [0.25, 0.3) is 22.4 Å². The molecule has 0 saturated heterocycles. The van der Waals surface area contributed by atoms with Gasteiger partial charge in [-0.3, -0.25) is 4.79 Å². The standard InChI is InChI=1S/C17H12BrNO/c18-15-8-6-12(7-9-15)14-10-16(19-17(20)11-14)13-4-2-1-3-5-13/h1-11H,(H,19,20). The second-order valence-electron chi connectivity index (χ2n) is 4.52. The molecule has 3 heteroatoms. The number of rotatable bonds is 2. The summed E-state index contributed by atoms with van der Waals surface area (Å²) >= 11 is 3.42. The monoisotopic (exact) mass is 325 g/mol. The molecule has 3 aromatic rings. The summed E-state index contributed by atoms with van der Waals surface area (Å²) in [4.78, 5) is 14.7. The molecule has 20 heavy (non-hydrogen) atoms. The van der Waals surface area contributed by atoms with Gasteiger partial charge in [0.05, 0.1) is 0 Å². The molecule has 0 bridgehead atoms. The molecular weight excluding hydrogens is 314 g/mol. The molecule has 0 aliphatic heterocycles. The van der Waals surface area contributed by atoms with Crippen molar-refractivity contribution in [2.75, 3.05) is 0 Å². The van der Waals surface area contributed by atoms with Crippen LogP contribution in [0.15, 0.2) is 76.0 Å². The number of aromatic amines is 1. The zero-order valence-electron chi connectivity index (χ0n) is 10.6. The summed E-state index contributed by atoms with van der Waals surface area (Å²) in [6.07, 6.45) is 0. The second kappa shape index (κ2) is 5.47. The van der Waals surface area contributed by atoms with Crippen LogP contribution in [0.2, 0.25) is 0 Å². The van der Waals surface area contributed by atoms with E-state index < -0.39 is 0 Å². The molecule has 0 amide bonds. The van der Waals surface area contributed by atoms with E-state index in [1.165, 1.54) is 0 Å². The molecule has 2 aromatic carbocycles. The number of hydrogen-bond acceptors (Lipinski definition) is 1. The summed E-state index contributed by atoms with van der Waals surface area (Å²) in [5, 5.41) is 0. The van der Waals surface area contributed by atoms with Crippen LogP contribution in [-0.2, 0) is 0 Å². The maximum atomic E-state index is 11.9. The predicted octanol–water partition coefficient (Wildman–Crippen LogP) is 4.47. The van der Waals surface area contributed by atoms with Crippen LogP contribution in [0.4, 0.5) is 0 Å². The van der Waals surface area contributed by atoms with Crippen molar-refractivity contribution in [1.29, 1.82) is 0 Å². The number of H-pyrrole nitrogens is 1. The molecule has 0 fully saturated rings. The minimum absolute atomic E-state index is 0.0933. The summed E-state index contributed by atoms with van der Waals surface area (Å²) < 4.78 is 1.02. The highest BCUT2D eigenvalue weighted by Gasteiger charge is 2.04. The van der Waals surface area contributed by atoms with Crippen LogP contribution in [0, 0.1) is 0 Å². The van der Waals surface area contributed by atoms with Gasteiger partial charge in [0.2, 0.25) is 5.56 Å². The zero-order chi connectivity index (χ0) is 13.9. The first-order valence-electron chi connectivity index (χ1n) is 6.28. The first kappa shape index (κ1) is 12.9. The van der Waals surface area contributed by atoms with E-state index in [1.54, 1.807) is 6.07 Å². The van der Waals surface area contributed by atoms with Crippen molar-refractivity contribution in [2.24, 2.45) is 0 Å². The average Bonchev–Trinajstić information content (AvgIpc) is 2.48. The molecule has 1 aromatic heterocycles. The number of nitrogens with one attached hydrogen (secondary N) is 1. The normalized spacial score (nSPS) is 10.4. The van der Waals surface area contributed by atoms with Gasteiger partial charge in [0.25, 0.3) is 0 Å². The molecule has 1 heterocycles. The lowest BCUT2D eigenvalue weighted by Crippen LogP contribution is -2.05. The lowest BCUT2D eigenvalue weighted by Gasteiger charge is -2.06. The topological polar surface area (TPSA) is 32.9 Å². The molecule has 3 rings (SSSR count). The van der Waals surface area contributed by atoms with Crippen LogP contribution in [0.5, 0.6) is 0 Å². The van der Waals surface area contributed by atoms with Gasteiger partial charge in [-0.2, -0.15) is 0 Å². The van der Waals surface area contributed by atoms with Crippen LogP contribution in [-0.4, -0.2) is 4.98 Å². The maximum Gasteiger partial charge on any atom is 0.249 e. The van der Waals surface area contributed by atoms with E-state index >= 15 is 0 Å². The summed E-state index contributed by atoms with van der Waals surface area (Å²) in [6, 6.07) is 21.4. The van der Waals surface area contributed by atoms with Crippen molar-refractivity contribution in [1.82, 2.24) is 4.98 Å². The number of aromatic nitrogens is 1. The zero-order valence-corrected chi connectivity index (χ0v) is 12.2. The van der Waals surface area contributed by atoms with E-state index in [-0.39, 0.29) is 5.56 Å². The Labute approximate surface area is 125 Å². The highest BCUT2D eigenvalue weighted by atomic mass is 79.9. The molecule has 0 unspecified atom stereocenters. The van der Waals surface area contributed by atoms with Gasteiger partial charge in [0, 0.05) is 16.2 Å². The fourth-order valence-electron chi connectivity index (χ4n) is 2.13. The van der Waals surface area contributed by atoms with E-state index in [1.807, 2.05) is 60.7 Å². The van der Waals surface area contributed by atoms with Gasteiger partial charge in [0.15, 0.2) is 0 Å². The number of hydrogen-bond donors (Lipinski definition) is 1. The van der Waals surface area contributed by atoms with E-state index in [0.717, 1.165) is 26.9 Å². The van der Waals surface area contributed by atoms with Crippen molar-refractivity contribution >= 4 is 15.9 Å². The van der Waals surface area contributed by atoms with Gasteiger partial charge in [-0.25, -0.2) is 0 Å². The summed E-state index contributed by atoms with van der Waals surface area (Å²) in [5.74, 6) is 0. The minimum atomic E-state index is -0.0933. The molecule has 98 valence electrons. The molecule has 0 spiro atoms. The van der Waals surface area contributed by atoms with Crippen molar-refractivity contribution in [3.8, 4) is 22.4 Å². The Morgan fingerprint density at radius 2 is 1.45 bits per heavy atom. The third kappa shape index (κ3) is 2.73. The Balaban J connectivity index is 2.12. The van der Waals surface area contributed by atoms with Gasteiger partial charge in [-0.15, -0.1) is 0 Å². The van der Waals surface area contributed by atoms with Crippen molar-refractivity contribution in [3.63, 3.8) is 0 Å². The van der Waals surface area contributed by atoms with Gasteiger partial charge < -0.3 is 4.98 Å². The van der Waals surface area contributed by atoms with Crippen molar-refractivity contribution in [2.45, 2.75) is 0 Å². The third-order valence-corrected chi connectivity index (χ3v) is 3.64. The molecule has 0 atom stereocenters. The van der Waals surface area contributed by atoms with Crippen LogP contribution < -0.4 is 5.56 Å². The minimum Gasteiger partial charge on any atom is -0.322 e. The SMILES string of the molecule is O=c1cc(-c2ccc(Br)cc2)cc(-c2ccccc2)[nH]1. The summed E-state index contributed by atoms with van der Waals surface area (Å²) in [7, 11) is 0. The van der Waals surface area contributed by atoms with Gasteiger partial charge >= 0.3 is 0 Å². The number of pyridine rings is 1. The van der Waals surface area contributed by atoms with Gasteiger partial charge in [0.1, 0.15) is 0 Å². The Hall–Kier alpha value is -2.13. The van der Waals surface area contributed by atoms with Crippen molar-refractivity contribution in [3.05, 3.63) is 81.6 Å². The van der Waals surface area contributed by atoms with Crippen LogP contribution in [0.3, 0.4) is 0 Å². The lowest BCUT2D eigenvalue weighted by molar-refractivity contribution is 1.24. The van der Waals surface area contributed by atoms with Gasteiger partial charge in [-0.05, 0) is 34.9 Å². The van der Waals surface area contributed by atoms with E-state index in [2.05, 4.69) is 20.9 Å². The van der Waals surface area contributed by atoms with E-state index in [4.69, 9.17) is 0 Å². The van der Waals surface area contributed by atoms with Gasteiger partial charge in [-0.1, -0.05) is 58.4 Å². The molecule has 0 radical (unpaired) electrons. The van der Waals surface area contributed by atoms with Crippen molar-refractivity contribution < 1.29 is 0 Å². The third-order valence-electron chi connectivity index (χ3n) is 3.11. The Morgan fingerprint density at radius 3 is 2.15 bits per heavy atom. The molecule has 0 aliphatic rings. The largest absolute Gasteiger partial charge is 0.322 e. The fraction of sp³-hybridized carbons (Fsp3) is 0. The van der Waals surface area contributed by atoms with Crippen LogP contribution in [0.1, 0.15) is 0 Å². The fourth-order valence-corrected chi connectivity index (χ4v) is 2.39. The lowest BCUT2D eigenvalue weighted by atomic mass is 10.0. The maximum absolute atomic E-state index is 11.9. The number of halogens is 1. The Morgan fingerprint density at radius 1 is 0.750 bits per heavy atom. The molecule has 1 N–H and O–H groups in total. The quantitative estimate of drug-likeness (QED) is 0.740. The smallest absolute Gasteiger partial charge is 0.249 e. The molecule has 0 aliphatic carbocycles. The van der Waals surface area contributed by atoms with E-state index in [0.29, 0.717) is 0 Å².